The summed E-state index contributed by atoms with van der Waals surface area (Å²) in [6, 6.07) is 15.9. The Bertz CT molecular complexity index is 1480. The van der Waals surface area contributed by atoms with Gasteiger partial charge in [0.2, 0.25) is 5.95 Å². The first-order chi connectivity index (χ1) is 18.0. The van der Waals surface area contributed by atoms with Gasteiger partial charge in [0.25, 0.3) is 5.91 Å². The van der Waals surface area contributed by atoms with Crippen LogP contribution in [0.3, 0.4) is 0 Å². The van der Waals surface area contributed by atoms with Crippen molar-refractivity contribution in [2.45, 2.75) is 13.0 Å². The van der Waals surface area contributed by atoms with Gasteiger partial charge in [0.15, 0.2) is 17.3 Å². The molecule has 0 aliphatic carbocycles. The maximum absolute atomic E-state index is 13.7. The molecule has 0 spiro atoms. The Morgan fingerprint density at radius 3 is 2.49 bits per heavy atom. The van der Waals surface area contributed by atoms with Crippen LogP contribution >= 0.6 is 0 Å². The fourth-order valence-corrected chi connectivity index (χ4v) is 4.33. The number of hydrogen-bond donors (Lipinski definition) is 2. The smallest absolute Gasteiger partial charge is 0.255 e. The molecule has 10 heteroatoms. The van der Waals surface area contributed by atoms with Crippen LogP contribution in [0.2, 0.25) is 0 Å². The number of hydrogen-bond acceptors (Lipinski definition) is 8. The number of para-hydroxylation sites is 2. The number of methoxy groups -OCH3 is 3. The van der Waals surface area contributed by atoms with Gasteiger partial charge in [-0.2, -0.15) is 4.98 Å². The maximum Gasteiger partial charge on any atom is 0.255 e. The molecule has 2 aromatic heterocycles. The molecule has 1 aliphatic rings. The molecule has 10 nitrogen and oxygen atoms in total. The highest BCUT2D eigenvalue weighted by atomic mass is 16.5. The number of pyridine rings is 1. The topological polar surface area (TPSA) is 112 Å². The first kappa shape index (κ1) is 23.9. The fraction of sp³-hybridized carbons (Fsp3) is 0.185. The predicted molar refractivity (Wildman–Crippen MR) is 139 cm³/mol. The Morgan fingerprint density at radius 2 is 1.76 bits per heavy atom. The number of anilines is 2. The van der Waals surface area contributed by atoms with Crippen LogP contribution in [0.15, 0.2) is 78.3 Å². The summed E-state index contributed by atoms with van der Waals surface area (Å²) in [6.45, 7) is 1.84. The normalized spacial score (nSPS) is 14.4. The summed E-state index contributed by atoms with van der Waals surface area (Å²) in [4.78, 5) is 22.7. The monoisotopic (exact) mass is 498 g/mol. The molecule has 0 unspecified atom stereocenters. The van der Waals surface area contributed by atoms with Crippen molar-refractivity contribution in [2.24, 2.45) is 0 Å². The molecule has 37 heavy (non-hydrogen) atoms. The number of amides is 1. The van der Waals surface area contributed by atoms with E-state index in [9.17, 15) is 4.79 Å². The molecule has 0 radical (unpaired) electrons. The minimum atomic E-state index is -0.568. The minimum absolute atomic E-state index is 0.294. The Kier molecular flexibility index (Phi) is 6.46. The van der Waals surface area contributed by atoms with E-state index in [0.29, 0.717) is 46.0 Å². The number of carbonyl (C=O) groups excluding carboxylic acids is 1. The SMILES string of the molecule is COc1ccccc1NC(=O)C1=C(C)Nc2nc(-c3ccc(OC)c(OC)c3)nn2[C@H]1c1cccnc1. The number of nitrogens with zero attached hydrogens (tertiary/aromatic N) is 4. The highest BCUT2D eigenvalue weighted by molar-refractivity contribution is 6.06. The molecule has 0 fully saturated rings. The number of carbonyl (C=O) groups is 1. The van der Waals surface area contributed by atoms with Crippen LogP contribution in [0.5, 0.6) is 17.2 Å². The van der Waals surface area contributed by atoms with Crippen LogP contribution in [0.4, 0.5) is 11.6 Å². The van der Waals surface area contributed by atoms with E-state index in [2.05, 4.69) is 15.6 Å². The van der Waals surface area contributed by atoms with Crippen molar-refractivity contribution < 1.29 is 19.0 Å². The van der Waals surface area contributed by atoms with E-state index in [0.717, 1.165) is 11.1 Å². The van der Waals surface area contributed by atoms with Gasteiger partial charge in [0, 0.05) is 23.7 Å². The summed E-state index contributed by atoms with van der Waals surface area (Å²) >= 11 is 0. The van der Waals surface area contributed by atoms with Gasteiger partial charge >= 0.3 is 0 Å². The molecule has 4 aromatic rings. The standard InChI is InChI=1S/C27H26N6O4/c1-16-23(26(34)30-19-9-5-6-10-20(19)35-2)24(18-8-7-13-28-15-18)33-27(29-16)31-25(32-33)17-11-12-21(36-3)22(14-17)37-4/h5-15,24H,1-4H3,(H,30,34)(H,29,31,32)/t24-/m0/s1. The number of aromatic nitrogens is 4. The van der Waals surface area contributed by atoms with Crippen molar-refractivity contribution in [2.75, 3.05) is 32.0 Å². The lowest BCUT2D eigenvalue weighted by Crippen LogP contribution is -2.31. The van der Waals surface area contributed by atoms with Crippen LogP contribution in [0.1, 0.15) is 18.5 Å². The number of ether oxygens (including phenoxy) is 3. The summed E-state index contributed by atoms with van der Waals surface area (Å²) in [5.41, 5.74) is 3.23. The number of fused-ring (bicyclic) bond motifs is 1. The predicted octanol–water partition coefficient (Wildman–Crippen LogP) is 4.29. The van der Waals surface area contributed by atoms with E-state index in [4.69, 9.17) is 24.3 Å². The average molecular weight is 499 g/mol. The molecule has 5 rings (SSSR count). The van der Waals surface area contributed by atoms with Gasteiger partial charge in [0.1, 0.15) is 11.8 Å². The third kappa shape index (κ3) is 4.44. The molecule has 1 atom stereocenters. The largest absolute Gasteiger partial charge is 0.495 e. The summed E-state index contributed by atoms with van der Waals surface area (Å²) in [5.74, 6) is 2.41. The second kappa shape index (κ2) is 10.0. The molecule has 188 valence electrons. The van der Waals surface area contributed by atoms with E-state index < -0.39 is 6.04 Å². The van der Waals surface area contributed by atoms with Crippen LogP contribution < -0.4 is 24.8 Å². The quantitative estimate of drug-likeness (QED) is 0.388. The summed E-state index contributed by atoms with van der Waals surface area (Å²) in [5, 5.41) is 11.0. The lowest BCUT2D eigenvalue weighted by Gasteiger charge is -2.28. The molecule has 2 aromatic carbocycles. The molecule has 3 heterocycles. The summed E-state index contributed by atoms with van der Waals surface area (Å²) in [6.07, 6.45) is 3.41. The maximum atomic E-state index is 13.7. The average Bonchev–Trinajstić information content (AvgIpc) is 3.36. The third-order valence-corrected chi connectivity index (χ3v) is 6.09. The second-order valence-corrected chi connectivity index (χ2v) is 8.28. The van der Waals surface area contributed by atoms with Crippen molar-refractivity contribution in [1.82, 2.24) is 19.7 Å². The first-order valence-corrected chi connectivity index (χ1v) is 11.5. The molecule has 1 amide bonds. The number of allylic oxidation sites excluding steroid dienone is 1. The van der Waals surface area contributed by atoms with Gasteiger partial charge < -0.3 is 24.8 Å². The molecule has 0 saturated carbocycles. The van der Waals surface area contributed by atoms with Gasteiger partial charge in [-0.1, -0.05) is 18.2 Å². The van der Waals surface area contributed by atoms with Crippen molar-refractivity contribution in [1.29, 1.82) is 0 Å². The van der Waals surface area contributed by atoms with E-state index in [1.54, 1.807) is 56.6 Å². The molecular weight excluding hydrogens is 472 g/mol. The highest BCUT2D eigenvalue weighted by Crippen LogP contribution is 2.38. The molecule has 1 aliphatic heterocycles. The highest BCUT2D eigenvalue weighted by Gasteiger charge is 2.35. The number of rotatable bonds is 7. The first-order valence-electron chi connectivity index (χ1n) is 11.5. The number of benzene rings is 2. The zero-order valence-electron chi connectivity index (χ0n) is 20.9. The van der Waals surface area contributed by atoms with Gasteiger partial charge in [-0.3, -0.25) is 9.78 Å². The van der Waals surface area contributed by atoms with Gasteiger partial charge in [-0.15, -0.1) is 5.10 Å². The van der Waals surface area contributed by atoms with Crippen molar-refractivity contribution in [3.05, 3.63) is 83.8 Å². The Labute approximate surface area is 213 Å². The van der Waals surface area contributed by atoms with E-state index in [-0.39, 0.29) is 5.91 Å². The lowest BCUT2D eigenvalue weighted by atomic mass is 9.96. The third-order valence-electron chi connectivity index (χ3n) is 6.09. The summed E-state index contributed by atoms with van der Waals surface area (Å²) in [7, 11) is 4.72. The van der Waals surface area contributed by atoms with E-state index in [1.807, 2.05) is 43.3 Å². The molecule has 2 N–H and O–H groups in total. The molecular formula is C27H26N6O4. The van der Waals surface area contributed by atoms with Crippen LogP contribution in [-0.4, -0.2) is 47.0 Å². The molecule has 0 bridgehead atoms. The van der Waals surface area contributed by atoms with Gasteiger partial charge in [0.05, 0.1) is 32.6 Å². The van der Waals surface area contributed by atoms with Crippen molar-refractivity contribution in [3.8, 4) is 28.6 Å². The van der Waals surface area contributed by atoms with Crippen molar-refractivity contribution >= 4 is 17.5 Å². The van der Waals surface area contributed by atoms with Crippen LogP contribution in [0, 0.1) is 0 Å². The van der Waals surface area contributed by atoms with Crippen LogP contribution in [0.25, 0.3) is 11.4 Å². The summed E-state index contributed by atoms with van der Waals surface area (Å²) < 4.78 is 17.9. The van der Waals surface area contributed by atoms with Gasteiger partial charge in [-0.25, -0.2) is 4.68 Å². The fourth-order valence-electron chi connectivity index (χ4n) is 4.33. The zero-order chi connectivity index (χ0) is 25.9. The molecule has 0 saturated heterocycles. The van der Waals surface area contributed by atoms with E-state index >= 15 is 0 Å². The zero-order valence-corrected chi connectivity index (χ0v) is 20.9. The second-order valence-electron chi connectivity index (χ2n) is 8.28. The number of nitrogens with one attached hydrogen (secondary N) is 2. The van der Waals surface area contributed by atoms with Crippen LogP contribution in [-0.2, 0) is 4.79 Å². The minimum Gasteiger partial charge on any atom is -0.495 e. The van der Waals surface area contributed by atoms with Gasteiger partial charge in [-0.05, 0) is 48.9 Å². The Morgan fingerprint density at radius 1 is 0.973 bits per heavy atom. The van der Waals surface area contributed by atoms with E-state index in [1.165, 1.54) is 0 Å². The lowest BCUT2D eigenvalue weighted by molar-refractivity contribution is -0.113. The Hall–Kier alpha value is -4.86. The Balaban J connectivity index is 1.58. The van der Waals surface area contributed by atoms with Crippen molar-refractivity contribution in [3.63, 3.8) is 0 Å².